The minimum atomic E-state index is -0.107. The highest BCUT2D eigenvalue weighted by Gasteiger charge is 2.16. The maximum absolute atomic E-state index is 12.2. The average Bonchev–Trinajstić information content (AvgIpc) is 3.15. The molecule has 0 fully saturated rings. The fourth-order valence-electron chi connectivity index (χ4n) is 2.04. The average molecular weight is 352 g/mol. The summed E-state index contributed by atoms with van der Waals surface area (Å²) in [4.78, 5) is 12.8. The molecule has 0 unspecified atom stereocenters. The zero-order valence-corrected chi connectivity index (χ0v) is 14.1. The number of furan rings is 1. The van der Waals surface area contributed by atoms with Crippen LogP contribution in [0.2, 0.25) is 5.02 Å². The van der Waals surface area contributed by atoms with E-state index < -0.39 is 0 Å². The number of nitrogens with one attached hydrogen (secondary N) is 1. The Hall–Kier alpha value is -1.43. The third-order valence-corrected chi connectivity index (χ3v) is 5.75. The van der Waals surface area contributed by atoms with Gasteiger partial charge in [-0.1, -0.05) is 29.8 Å². The molecule has 0 bridgehead atoms. The molecule has 1 N–H and O–H groups in total. The molecule has 3 nitrogen and oxygen atoms in total. The third kappa shape index (κ3) is 3.48. The second kappa shape index (κ2) is 7.22. The van der Waals surface area contributed by atoms with Crippen LogP contribution in [0, 0.1) is 0 Å². The van der Waals surface area contributed by atoms with E-state index in [2.05, 4.69) is 5.32 Å². The van der Waals surface area contributed by atoms with E-state index in [1.54, 1.807) is 18.0 Å². The highest BCUT2D eigenvalue weighted by atomic mass is 35.5. The van der Waals surface area contributed by atoms with Gasteiger partial charge < -0.3 is 9.73 Å². The number of carbonyl (C=O) groups is 1. The molecule has 2 aromatic heterocycles. The largest absolute Gasteiger partial charge is 0.468 e. The van der Waals surface area contributed by atoms with E-state index in [0.717, 1.165) is 27.4 Å². The Morgan fingerprint density at radius 1 is 1.27 bits per heavy atom. The Labute approximate surface area is 141 Å². The summed E-state index contributed by atoms with van der Waals surface area (Å²) in [7, 11) is 0. The van der Waals surface area contributed by atoms with Crippen molar-refractivity contribution in [3.63, 3.8) is 0 Å². The van der Waals surface area contributed by atoms with Crippen LogP contribution < -0.4 is 5.32 Å². The van der Waals surface area contributed by atoms with Crippen LogP contribution in [0.15, 0.2) is 47.1 Å². The molecular weight excluding hydrogens is 338 g/mol. The minimum Gasteiger partial charge on any atom is -0.468 e. The molecule has 114 valence electrons. The van der Waals surface area contributed by atoms with Crippen LogP contribution in [-0.4, -0.2) is 18.2 Å². The van der Waals surface area contributed by atoms with E-state index in [0.29, 0.717) is 16.4 Å². The van der Waals surface area contributed by atoms with Crippen LogP contribution in [-0.2, 0) is 5.75 Å². The van der Waals surface area contributed by atoms with Gasteiger partial charge >= 0.3 is 0 Å². The van der Waals surface area contributed by atoms with Crippen molar-refractivity contribution in [2.45, 2.75) is 5.75 Å². The van der Waals surface area contributed by atoms with Crippen molar-refractivity contribution in [3.05, 3.63) is 58.3 Å². The fraction of sp³-hybridized carbons (Fsp3) is 0.188. The van der Waals surface area contributed by atoms with Crippen LogP contribution in [0.25, 0.3) is 10.1 Å². The normalized spacial score (nSPS) is 11.0. The number of halogens is 1. The number of benzene rings is 1. The first-order valence-electron chi connectivity index (χ1n) is 6.81. The second-order valence-corrected chi connectivity index (χ2v) is 7.16. The molecule has 0 aliphatic carbocycles. The Morgan fingerprint density at radius 2 is 2.14 bits per heavy atom. The van der Waals surface area contributed by atoms with Crippen LogP contribution in [0.4, 0.5) is 0 Å². The molecule has 0 radical (unpaired) electrons. The van der Waals surface area contributed by atoms with Crippen molar-refractivity contribution >= 4 is 50.7 Å². The number of carbonyl (C=O) groups excluding carboxylic acids is 1. The Balaban J connectivity index is 1.52. The standard InChI is InChI=1S/C16H14ClNO2S2/c17-14-12-5-1-2-6-13(12)22-15(14)16(19)18-7-9-21-10-11-4-3-8-20-11/h1-6,8H,7,9-10H2,(H,18,19). The number of fused-ring (bicyclic) bond motifs is 1. The summed E-state index contributed by atoms with van der Waals surface area (Å²) in [5.74, 6) is 2.48. The first kappa shape index (κ1) is 15.5. The van der Waals surface area contributed by atoms with E-state index in [1.807, 2.05) is 36.4 Å². The predicted octanol–water partition coefficient (Wildman–Crippen LogP) is 4.81. The molecule has 3 rings (SSSR count). The molecule has 2 heterocycles. The molecule has 6 heteroatoms. The first-order valence-corrected chi connectivity index (χ1v) is 9.16. The Bertz CT molecular complexity index is 768. The van der Waals surface area contributed by atoms with E-state index in [-0.39, 0.29) is 5.91 Å². The molecule has 3 aromatic rings. The molecule has 0 spiro atoms. The van der Waals surface area contributed by atoms with Crippen LogP contribution in [0.3, 0.4) is 0 Å². The molecule has 22 heavy (non-hydrogen) atoms. The van der Waals surface area contributed by atoms with E-state index in [9.17, 15) is 4.79 Å². The second-order valence-electron chi connectivity index (χ2n) is 4.63. The smallest absolute Gasteiger partial charge is 0.262 e. The zero-order valence-electron chi connectivity index (χ0n) is 11.7. The lowest BCUT2D eigenvalue weighted by atomic mass is 10.2. The van der Waals surface area contributed by atoms with Crippen molar-refractivity contribution in [1.82, 2.24) is 5.32 Å². The van der Waals surface area contributed by atoms with Gasteiger partial charge in [0.05, 0.1) is 17.0 Å². The lowest BCUT2D eigenvalue weighted by molar-refractivity contribution is 0.0960. The van der Waals surface area contributed by atoms with Gasteiger partial charge in [-0.25, -0.2) is 0 Å². The number of hydrogen-bond acceptors (Lipinski definition) is 4. The number of rotatable bonds is 6. The van der Waals surface area contributed by atoms with Gasteiger partial charge in [-0.15, -0.1) is 11.3 Å². The van der Waals surface area contributed by atoms with Crippen molar-refractivity contribution in [3.8, 4) is 0 Å². The molecular formula is C16H14ClNO2S2. The van der Waals surface area contributed by atoms with Gasteiger partial charge in [0.15, 0.2) is 0 Å². The number of thiophene rings is 1. The lowest BCUT2D eigenvalue weighted by Gasteiger charge is -2.03. The maximum Gasteiger partial charge on any atom is 0.262 e. The first-order chi connectivity index (χ1) is 10.8. The summed E-state index contributed by atoms with van der Waals surface area (Å²) >= 11 is 9.44. The molecule has 0 aliphatic heterocycles. The summed E-state index contributed by atoms with van der Waals surface area (Å²) in [6.07, 6.45) is 1.67. The molecule has 0 atom stereocenters. The number of hydrogen-bond donors (Lipinski definition) is 1. The van der Waals surface area contributed by atoms with Gasteiger partial charge in [-0.3, -0.25) is 4.79 Å². The monoisotopic (exact) mass is 351 g/mol. The Morgan fingerprint density at radius 3 is 2.91 bits per heavy atom. The summed E-state index contributed by atoms with van der Waals surface area (Å²) in [5, 5.41) is 4.40. The SMILES string of the molecule is O=C(NCCSCc1ccco1)c1sc2ccccc2c1Cl. The Kier molecular flexibility index (Phi) is 5.08. The summed E-state index contributed by atoms with van der Waals surface area (Å²) < 4.78 is 6.29. The quantitative estimate of drug-likeness (QED) is 0.648. The van der Waals surface area contributed by atoms with Crippen molar-refractivity contribution in [2.75, 3.05) is 12.3 Å². The number of thioether (sulfide) groups is 1. The van der Waals surface area contributed by atoms with Gasteiger partial charge in [0, 0.05) is 22.4 Å². The zero-order chi connectivity index (χ0) is 15.4. The number of amides is 1. The van der Waals surface area contributed by atoms with Crippen LogP contribution >= 0.6 is 34.7 Å². The van der Waals surface area contributed by atoms with Gasteiger partial charge in [0.1, 0.15) is 10.6 Å². The summed E-state index contributed by atoms with van der Waals surface area (Å²) in [6, 6.07) is 11.6. The van der Waals surface area contributed by atoms with Crippen LogP contribution in [0.5, 0.6) is 0 Å². The van der Waals surface area contributed by atoms with Gasteiger partial charge in [-0.2, -0.15) is 11.8 Å². The highest BCUT2D eigenvalue weighted by Crippen LogP contribution is 2.34. The molecule has 1 aromatic carbocycles. The van der Waals surface area contributed by atoms with Gasteiger partial charge in [0.2, 0.25) is 0 Å². The predicted molar refractivity (Wildman–Crippen MR) is 94.0 cm³/mol. The van der Waals surface area contributed by atoms with Crippen molar-refractivity contribution < 1.29 is 9.21 Å². The van der Waals surface area contributed by atoms with E-state index in [4.69, 9.17) is 16.0 Å². The fourth-order valence-corrected chi connectivity index (χ4v) is 4.23. The van der Waals surface area contributed by atoms with Crippen LogP contribution in [0.1, 0.15) is 15.4 Å². The third-order valence-electron chi connectivity index (χ3n) is 3.10. The van der Waals surface area contributed by atoms with Crippen molar-refractivity contribution in [1.29, 1.82) is 0 Å². The highest BCUT2D eigenvalue weighted by molar-refractivity contribution is 7.98. The molecule has 0 saturated carbocycles. The summed E-state index contributed by atoms with van der Waals surface area (Å²) in [6.45, 7) is 0.606. The minimum absolute atomic E-state index is 0.107. The van der Waals surface area contributed by atoms with E-state index in [1.165, 1.54) is 11.3 Å². The van der Waals surface area contributed by atoms with Gasteiger partial charge in [-0.05, 0) is 18.2 Å². The summed E-state index contributed by atoms with van der Waals surface area (Å²) in [5.41, 5.74) is 0. The lowest BCUT2D eigenvalue weighted by Crippen LogP contribution is -2.25. The van der Waals surface area contributed by atoms with Gasteiger partial charge in [0.25, 0.3) is 5.91 Å². The molecule has 1 amide bonds. The molecule has 0 aliphatic rings. The topological polar surface area (TPSA) is 42.2 Å². The van der Waals surface area contributed by atoms with Crippen molar-refractivity contribution in [2.24, 2.45) is 0 Å². The maximum atomic E-state index is 12.2. The van der Waals surface area contributed by atoms with E-state index >= 15 is 0 Å². The molecule has 0 saturated heterocycles.